The van der Waals surface area contributed by atoms with Crippen LogP contribution in [-0.2, 0) is 4.79 Å². The van der Waals surface area contributed by atoms with Gasteiger partial charge >= 0.3 is 0 Å². The highest BCUT2D eigenvalue weighted by atomic mass is 35.5. The molecule has 0 aliphatic carbocycles. The zero-order chi connectivity index (χ0) is 25.8. The summed E-state index contributed by atoms with van der Waals surface area (Å²) in [5.41, 5.74) is 1.34. The van der Waals surface area contributed by atoms with Gasteiger partial charge in [-0.05, 0) is 56.2 Å². The van der Waals surface area contributed by atoms with Gasteiger partial charge in [-0.3, -0.25) is 4.79 Å². The van der Waals surface area contributed by atoms with Crippen LogP contribution in [0.1, 0.15) is 19.8 Å². The Labute approximate surface area is 219 Å². The Morgan fingerprint density at radius 3 is 2.81 bits per heavy atom. The molecule has 1 aliphatic heterocycles. The van der Waals surface area contributed by atoms with E-state index in [0.29, 0.717) is 64.3 Å². The van der Waals surface area contributed by atoms with Crippen LogP contribution in [-0.4, -0.2) is 56.2 Å². The third-order valence-corrected chi connectivity index (χ3v) is 6.33. The summed E-state index contributed by atoms with van der Waals surface area (Å²) in [6.45, 7) is 2.63. The average Bonchev–Trinajstić information content (AvgIpc) is 2.90. The molecule has 1 unspecified atom stereocenters. The van der Waals surface area contributed by atoms with Crippen molar-refractivity contribution >= 4 is 39.9 Å². The lowest BCUT2D eigenvalue weighted by atomic mass is 10.1. The minimum atomic E-state index is -0.749. The first-order valence-electron chi connectivity index (χ1n) is 12.0. The van der Waals surface area contributed by atoms with Gasteiger partial charge in [-0.2, -0.15) is 0 Å². The fraction of sp³-hybridized carbons (Fsp3) is 0.259. The van der Waals surface area contributed by atoms with Crippen LogP contribution >= 0.6 is 11.6 Å². The summed E-state index contributed by atoms with van der Waals surface area (Å²) in [4.78, 5) is 27.6. The van der Waals surface area contributed by atoms with Crippen molar-refractivity contribution in [2.45, 2.75) is 32.0 Å². The Morgan fingerprint density at radius 1 is 1.14 bits per heavy atom. The topological polar surface area (TPSA) is 110 Å². The lowest BCUT2D eigenvalue weighted by Gasteiger charge is -2.32. The first-order valence-corrected chi connectivity index (χ1v) is 12.4. The zero-order valence-corrected chi connectivity index (χ0v) is 20.9. The number of hydrogen-bond donors (Lipinski definition) is 2. The van der Waals surface area contributed by atoms with Crippen molar-refractivity contribution in [1.82, 2.24) is 19.9 Å². The number of fused-ring (bicyclic) bond motifs is 1. The van der Waals surface area contributed by atoms with Crippen LogP contribution in [0.4, 0.5) is 11.5 Å². The molecule has 190 valence electrons. The van der Waals surface area contributed by atoms with Gasteiger partial charge in [-0.15, -0.1) is 0 Å². The molecule has 1 amide bonds. The van der Waals surface area contributed by atoms with Crippen molar-refractivity contribution in [3.8, 4) is 17.4 Å². The van der Waals surface area contributed by atoms with Gasteiger partial charge in [0.05, 0.1) is 22.0 Å². The lowest BCUT2D eigenvalue weighted by Crippen LogP contribution is -2.47. The number of nitrogens with one attached hydrogen (secondary N) is 1. The molecular weight excluding hydrogens is 494 g/mol. The second kappa shape index (κ2) is 11.0. The van der Waals surface area contributed by atoms with Gasteiger partial charge in [-0.25, -0.2) is 15.0 Å². The van der Waals surface area contributed by atoms with E-state index in [0.717, 1.165) is 6.42 Å². The molecule has 0 saturated carbocycles. The van der Waals surface area contributed by atoms with Gasteiger partial charge < -0.3 is 24.8 Å². The number of aromatic nitrogens is 3. The average molecular weight is 520 g/mol. The maximum absolute atomic E-state index is 13.0. The summed E-state index contributed by atoms with van der Waals surface area (Å²) < 4.78 is 11.9. The summed E-state index contributed by atoms with van der Waals surface area (Å²) in [6.07, 6.45) is 3.32. The highest BCUT2D eigenvalue weighted by molar-refractivity contribution is 6.32. The number of aliphatic hydroxyl groups is 1. The summed E-state index contributed by atoms with van der Waals surface area (Å²) in [6, 6.07) is 16.1. The maximum atomic E-state index is 13.0. The van der Waals surface area contributed by atoms with Crippen molar-refractivity contribution in [2.75, 3.05) is 18.4 Å². The van der Waals surface area contributed by atoms with Crippen molar-refractivity contribution in [3.05, 3.63) is 72.1 Å². The number of aliphatic hydroxyl groups excluding tert-OH is 1. The quantitative estimate of drug-likeness (QED) is 0.352. The monoisotopic (exact) mass is 519 g/mol. The molecule has 0 bridgehead atoms. The van der Waals surface area contributed by atoms with E-state index in [1.807, 2.05) is 24.3 Å². The Kier molecular flexibility index (Phi) is 7.34. The molecule has 4 aromatic rings. The summed E-state index contributed by atoms with van der Waals surface area (Å²) in [5, 5.41) is 14.3. The van der Waals surface area contributed by atoms with Crippen molar-refractivity contribution in [1.29, 1.82) is 0 Å². The number of nitrogens with zero attached hydrogens (tertiary/aromatic N) is 4. The van der Waals surface area contributed by atoms with Crippen molar-refractivity contribution in [2.24, 2.45) is 0 Å². The Balaban J connectivity index is 1.37. The van der Waals surface area contributed by atoms with Crippen LogP contribution in [0.15, 0.2) is 67.1 Å². The highest BCUT2D eigenvalue weighted by Gasteiger charge is 2.27. The van der Waals surface area contributed by atoms with Crippen molar-refractivity contribution in [3.63, 3.8) is 0 Å². The number of amides is 1. The second-order valence-corrected chi connectivity index (χ2v) is 9.16. The van der Waals surface area contributed by atoms with Gasteiger partial charge in [-0.1, -0.05) is 23.7 Å². The molecule has 2 aromatic carbocycles. The molecule has 2 aromatic heterocycles. The SMILES string of the molecule is C[C@@H](Oc1cccc2ncnc(Nc3ccc(Oc4ccccn4)c(Cl)c3)c12)C(=O)N1CCCC(O)C1. The molecule has 5 rings (SSSR count). The zero-order valence-electron chi connectivity index (χ0n) is 20.2. The van der Waals surface area contributed by atoms with E-state index in [1.165, 1.54) is 6.33 Å². The number of hydrogen-bond acceptors (Lipinski definition) is 8. The molecule has 1 aliphatic rings. The summed E-state index contributed by atoms with van der Waals surface area (Å²) >= 11 is 6.47. The lowest BCUT2D eigenvalue weighted by molar-refractivity contribution is -0.140. The third kappa shape index (κ3) is 5.73. The molecule has 37 heavy (non-hydrogen) atoms. The number of likely N-dealkylation sites (tertiary alicyclic amines) is 1. The van der Waals surface area contributed by atoms with E-state index >= 15 is 0 Å². The largest absolute Gasteiger partial charge is 0.480 e. The number of benzene rings is 2. The number of pyridine rings is 1. The highest BCUT2D eigenvalue weighted by Crippen LogP contribution is 2.35. The smallest absolute Gasteiger partial charge is 0.263 e. The van der Waals surface area contributed by atoms with Gasteiger partial charge in [0.2, 0.25) is 5.88 Å². The van der Waals surface area contributed by atoms with Gasteiger partial charge in [0.15, 0.2) is 6.10 Å². The van der Waals surface area contributed by atoms with Crippen LogP contribution < -0.4 is 14.8 Å². The fourth-order valence-electron chi connectivity index (χ4n) is 4.24. The fourth-order valence-corrected chi connectivity index (χ4v) is 4.46. The van der Waals surface area contributed by atoms with Crippen LogP contribution in [0, 0.1) is 0 Å². The maximum Gasteiger partial charge on any atom is 0.263 e. The number of anilines is 2. The predicted octanol–water partition coefficient (Wildman–Crippen LogP) is 4.96. The van der Waals surface area contributed by atoms with Crippen LogP contribution in [0.2, 0.25) is 5.02 Å². The standard InChI is InChI=1S/C27H26ClN5O4/c1-17(27(35)33-13-5-6-19(34)15-33)36-23-8-4-7-21-25(23)26(31-16-30-21)32-18-10-11-22(20(28)14-18)37-24-9-2-3-12-29-24/h2-4,7-12,14,16-17,19,34H,5-6,13,15H2,1H3,(H,30,31,32)/t17-,19?/m1/s1. The van der Waals surface area contributed by atoms with Crippen LogP contribution in [0.3, 0.4) is 0 Å². The molecule has 3 heterocycles. The van der Waals surface area contributed by atoms with Gasteiger partial charge in [0.1, 0.15) is 23.6 Å². The minimum Gasteiger partial charge on any atom is -0.480 e. The number of ether oxygens (including phenoxy) is 2. The first-order chi connectivity index (χ1) is 18.0. The number of β-amino-alcohol motifs (C(OH)–C–C–N with tert-alkyl or cyclic N) is 1. The molecule has 2 N–H and O–H groups in total. The number of halogens is 1. The molecule has 1 fully saturated rings. The molecule has 1 saturated heterocycles. The molecule has 10 heteroatoms. The van der Waals surface area contributed by atoms with Crippen LogP contribution in [0.25, 0.3) is 10.9 Å². The van der Waals surface area contributed by atoms with Gasteiger partial charge in [0.25, 0.3) is 5.91 Å². The van der Waals surface area contributed by atoms with E-state index in [-0.39, 0.29) is 5.91 Å². The predicted molar refractivity (Wildman–Crippen MR) is 140 cm³/mol. The van der Waals surface area contributed by atoms with Gasteiger partial charge in [0, 0.05) is 31.0 Å². The van der Waals surface area contributed by atoms with E-state index < -0.39 is 12.2 Å². The normalized spacial score (nSPS) is 16.3. The second-order valence-electron chi connectivity index (χ2n) is 8.75. The Bertz CT molecular complexity index is 1400. The molecular formula is C27H26ClN5O4. The number of carbonyl (C=O) groups excluding carboxylic acids is 1. The van der Waals surface area contributed by atoms with Crippen molar-refractivity contribution < 1.29 is 19.4 Å². The van der Waals surface area contributed by atoms with E-state index in [4.69, 9.17) is 21.1 Å². The summed E-state index contributed by atoms with van der Waals surface area (Å²) in [7, 11) is 0. The minimum absolute atomic E-state index is 0.169. The molecule has 2 atom stereocenters. The van der Waals surface area contributed by atoms with E-state index in [2.05, 4.69) is 20.3 Å². The Morgan fingerprint density at radius 2 is 2.03 bits per heavy atom. The third-order valence-electron chi connectivity index (χ3n) is 6.03. The first kappa shape index (κ1) is 24.7. The number of rotatable bonds is 7. The number of carbonyl (C=O) groups is 1. The molecule has 9 nitrogen and oxygen atoms in total. The van der Waals surface area contributed by atoms with Crippen LogP contribution in [0.5, 0.6) is 17.4 Å². The number of piperidine rings is 1. The van der Waals surface area contributed by atoms with E-state index in [9.17, 15) is 9.90 Å². The van der Waals surface area contributed by atoms with E-state index in [1.54, 1.807) is 48.4 Å². The molecule has 0 spiro atoms. The Hall–Kier alpha value is -3.95. The summed E-state index contributed by atoms with van der Waals surface area (Å²) in [5.74, 6) is 1.72. The molecule has 0 radical (unpaired) electrons.